The minimum atomic E-state index is -0.797. The maximum atomic E-state index is 12.7. The van der Waals surface area contributed by atoms with Gasteiger partial charge in [-0.25, -0.2) is 0 Å². The molecule has 0 aliphatic carbocycles. The van der Waals surface area contributed by atoms with Crippen LogP contribution in [0, 0.1) is 0 Å². The molecule has 0 amide bonds. The summed E-state index contributed by atoms with van der Waals surface area (Å²) in [6.45, 7) is 6.39. The number of hydrogen-bond acceptors (Lipinski definition) is 6. The summed E-state index contributed by atoms with van der Waals surface area (Å²) in [4.78, 5) is 37.8. The number of carbonyl (C=O) groups is 3. The van der Waals surface area contributed by atoms with Crippen LogP contribution >= 0.6 is 0 Å². The average molecular weight is 901 g/mol. The fourth-order valence-corrected chi connectivity index (χ4v) is 6.80. The summed E-state index contributed by atoms with van der Waals surface area (Å²) in [6, 6.07) is 0. The van der Waals surface area contributed by atoms with Crippen LogP contribution in [0.1, 0.15) is 226 Å². The van der Waals surface area contributed by atoms with Gasteiger partial charge in [0.05, 0.1) is 0 Å². The van der Waals surface area contributed by atoms with E-state index in [1.807, 2.05) is 0 Å². The third-order valence-electron chi connectivity index (χ3n) is 10.8. The van der Waals surface area contributed by atoms with Crippen LogP contribution < -0.4 is 0 Å². The van der Waals surface area contributed by atoms with Gasteiger partial charge < -0.3 is 14.2 Å². The van der Waals surface area contributed by atoms with Crippen molar-refractivity contribution in [3.63, 3.8) is 0 Å². The second kappa shape index (κ2) is 52.7. The molecule has 0 aliphatic rings. The Labute approximate surface area is 400 Å². The molecule has 0 rings (SSSR count). The van der Waals surface area contributed by atoms with Gasteiger partial charge >= 0.3 is 17.9 Å². The van der Waals surface area contributed by atoms with Crippen molar-refractivity contribution in [2.75, 3.05) is 13.2 Å². The highest BCUT2D eigenvalue weighted by atomic mass is 16.6. The predicted octanol–water partition coefficient (Wildman–Crippen LogP) is 17.5. The first-order valence-corrected chi connectivity index (χ1v) is 26.4. The van der Waals surface area contributed by atoms with Gasteiger partial charge in [0, 0.05) is 19.3 Å². The van der Waals surface area contributed by atoms with E-state index in [1.165, 1.54) is 51.4 Å². The number of ether oxygens (including phenoxy) is 3. The van der Waals surface area contributed by atoms with Crippen LogP contribution in [0.2, 0.25) is 0 Å². The lowest BCUT2D eigenvalue weighted by molar-refractivity contribution is -0.167. The van der Waals surface area contributed by atoms with E-state index in [2.05, 4.69) is 130 Å². The second-order valence-corrected chi connectivity index (χ2v) is 17.1. The standard InChI is InChI=1S/C59H96O6/c1-4-7-10-13-16-18-20-22-24-26-27-28-29-30-31-32-33-34-36-37-39-41-43-46-49-52-58(61)64-55-56(54-63-57(60)51-48-45-15-12-9-6-3)65-59(62)53-50-47-44-42-40-38-35-25-23-21-19-17-14-11-8-5-2/h7,10,16,18-19,21-22,24-25,27-28,30-31,33-35,37,39,56H,4-6,8-9,11-15,17,20,23,26,29,32,36,38,40-55H2,1-3H3/b10-7-,18-16-,21-19-,24-22-,28-27-,31-30-,34-33-,35-25-,39-37-. The molecule has 0 radical (unpaired) electrons. The molecule has 0 aliphatic heterocycles. The lowest BCUT2D eigenvalue weighted by Crippen LogP contribution is -2.30. The summed E-state index contributed by atoms with van der Waals surface area (Å²) in [5.74, 6) is -0.960. The Kier molecular flexibility index (Phi) is 49.5. The number of carbonyl (C=O) groups excluding carboxylic acids is 3. The highest BCUT2D eigenvalue weighted by Crippen LogP contribution is 2.12. The first-order chi connectivity index (χ1) is 32.0. The summed E-state index contributed by atoms with van der Waals surface area (Å²) in [5.41, 5.74) is 0. The number of esters is 3. The Balaban J connectivity index is 4.30. The summed E-state index contributed by atoms with van der Waals surface area (Å²) in [6.07, 6.45) is 71.0. The molecule has 0 aromatic rings. The molecular weight excluding hydrogens is 805 g/mol. The zero-order valence-corrected chi connectivity index (χ0v) is 42.0. The van der Waals surface area contributed by atoms with Crippen molar-refractivity contribution in [1.82, 2.24) is 0 Å². The number of unbranched alkanes of at least 4 members (excludes halogenated alkanes) is 17. The third-order valence-corrected chi connectivity index (χ3v) is 10.8. The van der Waals surface area contributed by atoms with Gasteiger partial charge in [-0.3, -0.25) is 14.4 Å². The molecular formula is C59H96O6. The zero-order chi connectivity index (χ0) is 47.2. The molecule has 0 aromatic carbocycles. The Morgan fingerprint density at radius 1 is 0.323 bits per heavy atom. The van der Waals surface area contributed by atoms with Crippen LogP contribution in [0.15, 0.2) is 109 Å². The first kappa shape index (κ1) is 61.1. The van der Waals surface area contributed by atoms with Crippen molar-refractivity contribution >= 4 is 17.9 Å². The maximum Gasteiger partial charge on any atom is 0.306 e. The molecule has 0 bridgehead atoms. The quantitative estimate of drug-likeness (QED) is 0.0262. The normalized spacial score (nSPS) is 13.0. The van der Waals surface area contributed by atoms with Gasteiger partial charge in [0.25, 0.3) is 0 Å². The third kappa shape index (κ3) is 50.9. The van der Waals surface area contributed by atoms with Crippen LogP contribution in [-0.4, -0.2) is 37.2 Å². The van der Waals surface area contributed by atoms with Crippen molar-refractivity contribution < 1.29 is 28.6 Å². The van der Waals surface area contributed by atoms with E-state index < -0.39 is 6.10 Å². The zero-order valence-electron chi connectivity index (χ0n) is 42.0. The largest absolute Gasteiger partial charge is 0.462 e. The van der Waals surface area contributed by atoms with Crippen molar-refractivity contribution in [3.8, 4) is 0 Å². The summed E-state index contributed by atoms with van der Waals surface area (Å²) >= 11 is 0. The van der Waals surface area contributed by atoms with Crippen molar-refractivity contribution in [2.24, 2.45) is 0 Å². The maximum absolute atomic E-state index is 12.7. The molecule has 0 spiro atoms. The lowest BCUT2D eigenvalue weighted by atomic mass is 10.1. The average Bonchev–Trinajstić information content (AvgIpc) is 3.30. The molecule has 6 nitrogen and oxygen atoms in total. The molecule has 0 saturated carbocycles. The van der Waals surface area contributed by atoms with Gasteiger partial charge in [0.1, 0.15) is 13.2 Å². The smallest absolute Gasteiger partial charge is 0.306 e. The van der Waals surface area contributed by atoms with Crippen LogP contribution in [0.5, 0.6) is 0 Å². The van der Waals surface area contributed by atoms with Crippen molar-refractivity contribution in [1.29, 1.82) is 0 Å². The van der Waals surface area contributed by atoms with Crippen LogP contribution in [0.3, 0.4) is 0 Å². The summed E-state index contributed by atoms with van der Waals surface area (Å²) in [5, 5.41) is 0. The molecule has 6 heteroatoms. The molecule has 65 heavy (non-hydrogen) atoms. The molecule has 368 valence electrons. The van der Waals surface area contributed by atoms with Gasteiger partial charge in [-0.05, 0) is 109 Å². The molecule has 0 saturated heterocycles. The second-order valence-electron chi connectivity index (χ2n) is 17.1. The Hall–Kier alpha value is -3.93. The number of rotatable bonds is 46. The minimum Gasteiger partial charge on any atom is -0.462 e. The van der Waals surface area contributed by atoms with Gasteiger partial charge in [0.2, 0.25) is 0 Å². The van der Waals surface area contributed by atoms with E-state index in [4.69, 9.17) is 14.2 Å². The lowest BCUT2D eigenvalue weighted by Gasteiger charge is -2.18. The van der Waals surface area contributed by atoms with E-state index in [0.717, 1.165) is 135 Å². The van der Waals surface area contributed by atoms with Crippen LogP contribution in [0.25, 0.3) is 0 Å². The van der Waals surface area contributed by atoms with E-state index in [1.54, 1.807) is 0 Å². The topological polar surface area (TPSA) is 78.9 Å². The Morgan fingerprint density at radius 3 is 0.969 bits per heavy atom. The minimum absolute atomic E-state index is 0.0964. The van der Waals surface area contributed by atoms with Crippen molar-refractivity contribution in [3.05, 3.63) is 109 Å². The summed E-state index contributed by atoms with van der Waals surface area (Å²) in [7, 11) is 0. The molecule has 0 heterocycles. The van der Waals surface area contributed by atoms with Gasteiger partial charge in [0.15, 0.2) is 6.10 Å². The van der Waals surface area contributed by atoms with E-state index in [9.17, 15) is 14.4 Å². The molecule has 0 fully saturated rings. The molecule has 0 aromatic heterocycles. The number of allylic oxidation sites excluding steroid dienone is 18. The van der Waals surface area contributed by atoms with Crippen molar-refractivity contribution in [2.45, 2.75) is 232 Å². The molecule has 1 atom stereocenters. The molecule has 1 unspecified atom stereocenters. The monoisotopic (exact) mass is 901 g/mol. The first-order valence-electron chi connectivity index (χ1n) is 26.4. The fraction of sp³-hybridized carbons (Fsp3) is 0.644. The van der Waals surface area contributed by atoms with Crippen LogP contribution in [0.4, 0.5) is 0 Å². The predicted molar refractivity (Wildman–Crippen MR) is 279 cm³/mol. The highest BCUT2D eigenvalue weighted by molar-refractivity contribution is 5.71. The Bertz CT molecular complexity index is 1360. The fourth-order valence-electron chi connectivity index (χ4n) is 6.80. The Morgan fingerprint density at radius 2 is 0.600 bits per heavy atom. The van der Waals surface area contributed by atoms with Crippen LogP contribution in [-0.2, 0) is 28.6 Å². The van der Waals surface area contributed by atoms with Gasteiger partial charge in [-0.1, -0.05) is 207 Å². The SMILES string of the molecule is CC/C=C\C/C=C\C/C=C\C/C=C\C/C=C\C/C=C\C/C=C\CCCCCC(=O)OCC(COC(=O)CCCCCCCC)OC(=O)CCCCCCC/C=C\C/C=C\CCCCCC. The number of hydrogen-bond donors (Lipinski definition) is 0. The van der Waals surface area contributed by atoms with Gasteiger partial charge in [-0.2, -0.15) is 0 Å². The summed E-state index contributed by atoms with van der Waals surface area (Å²) < 4.78 is 16.7. The van der Waals surface area contributed by atoms with Gasteiger partial charge in [-0.15, -0.1) is 0 Å². The molecule has 0 N–H and O–H groups in total. The highest BCUT2D eigenvalue weighted by Gasteiger charge is 2.19. The van der Waals surface area contributed by atoms with E-state index >= 15 is 0 Å². The van der Waals surface area contributed by atoms with E-state index in [0.29, 0.717) is 19.3 Å². The van der Waals surface area contributed by atoms with E-state index in [-0.39, 0.29) is 31.1 Å².